The number of cyclic esters (lactones) is 1. The number of aliphatic hydroxyl groups is 1. The second-order valence-electron chi connectivity index (χ2n) is 11.8. The summed E-state index contributed by atoms with van der Waals surface area (Å²) in [5, 5.41) is 10.8. The van der Waals surface area contributed by atoms with Crippen LogP contribution in [-0.2, 0) is 22.6 Å². The highest BCUT2D eigenvalue weighted by molar-refractivity contribution is 5.97. The predicted octanol–water partition coefficient (Wildman–Crippen LogP) is 6.76. The lowest BCUT2D eigenvalue weighted by Gasteiger charge is -2.30. The van der Waals surface area contributed by atoms with Crippen LogP contribution >= 0.6 is 0 Å². The van der Waals surface area contributed by atoms with E-state index in [1.54, 1.807) is 13.0 Å². The first-order valence-electron chi connectivity index (χ1n) is 14.0. The standard InChI is InChI=1S/C32H37FO7/c1-7-20-17(4)26(33)22-15-38-30(35)25-24(11-10-21(27(25)37-6)23(34)12-16(2)3)39-29(22)28(20)40-31(36)32(5)14-18-8-9-19(32)13-18/h8-11,16,18-19,23,34H,7,12-15H2,1-6H3/t18-,19+,23+,32+/m1/s1. The van der Waals surface area contributed by atoms with E-state index in [2.05, 4.69) is 12.2 Å². The maximum atomic E-state index is 15.7. The zero-order chi connectivity index (χ0) is 28.9. The molecule has 40 heavy (non-hydrogen) atoms. The molecule has 5 rings (SSSR count). The molecule has 1 N–H and O–H groups in total. The molecule has 1 heterocycles. The van der Waals surface area contributed by atoms with Gasteiger partial charge in [0.1, 0.15) is 29.5 Å². The first kappa shape index (κ1) is 28.1. The normalized spacial score (nSPS) is 23.6. The quantitative estimate of drug-likeness (QED) is 0.231. The Labute approximate surface area is 234 Å². The van der Waals surface area contributed by atoms with Gasteiger partial charge in [-0.2, -0.15) is 0 Å². The van der Waals surface area contributed by atoms with E-state index in [1.807, 2.05) is 27.7 Å². The van der Waals surface area contributed by atoms with Crippen LogP contribution in [0.3, 0.4) is 0 Å². The van der Waals surface area contributed by atoms with Gasteiger partial charge in [-0.15, -0.1) is 0 Å². The van der Waals surface area contributed by atoms with Crippen molar-refractivity contribution in [2.45, 2.75) is 73.0 Å². The molecule has 0 unspecified atom stereocenters. The lowest BCUT2D eigenvalue weighted by Crippen LogP contribution is -2.36. The summed E-state index contributed by atoms with van der Waals surface area (Å²) in [4.78, 5) is 26.9. The Morgan fingerprint density at radius 3 is 2.60 bits per heavy atom. The van der Waals surface area contributed by atoms with Gasteiger partial charge in [-0.3, -0.25) is 4.79 Å². The fraction of sp³-hybridized carbons (Fsp3) is 0.500. The third kappa shape index (κ3) is 4.56. The smallest absolute Gasteiger partial charge is 0.346 e. The van der Waals surface area contributed by atoms with Gasteiger partial charge in [-0.25, -0.2) is 9.18 Å². The highest BCUT2D eigenvalue weighted by Crippen LogP contribution is 2.54. The van der Waals surface area contributed by atoms with E-state index in [9.17, 15) is 14.7 Å². The molecule has 7 nitrogen and oxygen atoms in total. The number of fused-ring (bicyclic) bond motifs is 4. The van der Waals surface area contributed by atoms with Crippen LogP contribution in [0.5, 0.6) is 23.0 Å². The summed E-state index contributed by atoms with van der Waals surface area (Å²) in [7, 11) is 1.40. The summed E-state index contributed by atoms with van der Waals surface area (Å²) in [5.74, 6) is -0.786. The Morgan fingerprint density at radius 2 is 2.00 bits per heavy atom. The maximum absolute atomic E-state index is 15.7. The van der Waals surface area contributed by atoms with E-state index in [0.717, 1.165) is 6.42 Å². The summed E-state index contributed by atoms with van der Waals surface area (Å²) < 4.78 is 39.3. The van der Waals surface area contributed by atoms with Gasteiger partial charge in [-0.05, 0) is 75.0 Å². The lowest BCUT2D eigenvalue weighted by molar-refractivity contribution is -0.146. The summed E-state index contributed by atoms with van der Waals surface area (Å²) in [6.07, 6.45) is 5.80. The molecule has 0 saturated heterocycles. The molecule has 3 aliphatic rings. The zero-order valence-electron chi connectivity index (χ0n) is 23.9. The van der Waals surface area contributed by atoms with Crippen LogP contribution in [-0.4, -0.2) is 24.2 Å². The van der Waals surface area contributed by atoms with Gasteiger partial charge >= 0.3 is 11.9 Å². The zero-order valence-corrected chi connectivity index (χ0v) is 23.9. The second-order valence-corrected chi connectivity index (χ2v) is 11.8. The Bertz CT molecular complexity index is 1390. The fourth-order valence-corrected chi connectivity index (χ4v) is 6.45. The van der Waals surface area contributed by atoms with Crippen LogP contribution in [0.4, 0.5) is 4.39 Å². The lowest BCUT2D eigenvalue weighted by atomic mass is 9.77. The number of esters is 2. The Morgan fingerprint density at radius 1 is 1.25 bits per heavy atom. The van der Waals surface area contributed by atoms with Crippen molar-refractivity contribution in [3.63, 3.8) is 0 Å². The molecular formula is C32H37FO7. The van der Waals surface area contributed by atoms with Crippen LogP contribution < -0.4 is 14.2 Å². The van der Waals surface area contributed by atoms with Gasteiger partial charge in [0.15, 0.2) is 11.5 Å². The third-order valence-electron chi connectivity index (χ3n) is 8.66. The minimum Gasteiger partial charge on any atom is -0.495 e. The summed E-state index contributed by atoms with van der Waals surface area (Å²) >= 11 is 0. The van der Waals surface area contributed by atoms with Crippen LogP contribution in [0.25, 0.3) is 0 Å². The number of halogens is 1. The molecule has 214 valence electrons. The molecule has 0 amide bonds. The van der Waals surface area contributed by atoms with E-state index in [1.165, 1.54) is 13.2 Å². The Kier molecular flexibility index (Phi) is 7.42. The molecule has 0 radical (unpaired) electrons. The molecule has 1 saturated carbocycles. The van der Waals surface area contributed by atoms with E-state index >= 15 is 4.39 Å². The number of hydrogen-bond donors (Lipinski definition) is 1. The number of rotatable bonds is 7. The van der Waals surface area contributed by atoms with Gasteiger partial charge in [0.25, 0.3) is 0 Å². The maximum Gasteiger partial charge on any atom is 0.346 e. The predicted molar refractivity (Wildman–Crippen MR) is 146 cm³/mol. The van der Waals surface area contributed by atoms with Crippen molar-refractivity contribution in [3.05, 3.63) is 57.9 Å². The minimum atomic E-state index is -0.884. The van der Waals surface area contributed by atoms with Crippen LogP contribution in [0.15, 0.2) is 24.3 Å². The number of hydrogen-bond acceptors (Lipinski definition) is 7. The number of methoxy groups -OCH3 is 1. The molecule has 0 aromatic heterocycles. The third-order valence-corrected chi connectivity index (χ3v) is 8.66. The highest BCUT2D eigenvalue weighted by atomic mass is 19.1. The Hall–Kier alpha value is -3.39. The molecular weight excluding hydrogens is 515 g/mol. The highest BCUT2D eigenvalue weighted by Gasteiger charge is 2.51. The number of carbonyl (C=O) groups is 2. The average Bonchev–Trinajstić information content (AvgIpc) is 3.50. The number of benzene rings is 2. The van der Waals surface area contributed by atoms with Crippen LogP contribution in [0.2, 0.25) is 0 Å². The molecule has 8 heteroatoms. The van der Waals surface area contributed by atoms with E-state index < -0.39 is 29.9 Å². The van der Waals surface area contributed by atoms with Gasteiger partial charge in [0.05, 0.1) is 24.2 Å². The molecule has 1 aliphatic heterocycles. The van der Waals surface area contributed by atoms with Crippen molar-refractivity contribution in [2.24, 2.45) is 23.2 Å². The average molecular weight is 553 g/mol. The van der Waals surface area contributed by atoms with Gasteiger partial charge < -0.3 is 24.1 Å². The number of carbonyl (C=O) groups excluding carboxylic acids is 2. The fourth-order valence-electron chi connectivity index (χ4n) is 6.45. The summed E-state index contributed by atoms with van der Waals surface area (Å²) in [5.41, 5.74) is 0.524. The van der Waals surface area contributed by atoms with Crippen molar-refractivity contribution in [2.75, 3.05) is 7.11 Å². The van der Waals surface area contributed by atoms with Crippen molar-refractivity contribution >= 4 is 11.9 Å². The Balaban J connectivity index is 1.63. The van der Waals surface area contributed by atoms with Crippen molar-refractivity contribution in [3.8, 4) is 23.0 Å². The number of allylic oxidation sites excluding steroid dienone is 2. The van der Waals surface area contributed by atoms with Crippen molar-refractivity contribution < 1.29 is 38.0 Å². The number of aliphatic hydroxyl groups excluding tert-OH is 1. The van der Waals surface area contributed by atoms with Gasteiger partial charge in [0.2, 0.25) is 0 Å². The largest absolute Gasteiger partial charge is 0.495 e. The van der Waals surface area contributed by atoms with Crippen LogP contribution in [0.1, 0.15) is 85.7 Å². The molecule has 2 aliphatic carbocycles. The molecule has 0 spiro atoms. The van der Waals surface area contributed by atoms with Crippen LogP contribution in [0, 0.1) is 35.9 Å². The SMILES string of the molecule is CCc1c(C)c(F)c2c(c1OC(=O)[C@@]1(C)C[C@@H]3C=C[C@H]1C3)Oc1ccc([C@@H](O)CC(C)C)c(OC)c1C(=O)OC2. The molecule has 4 atom stereocenters. The molecule has 2 aromatic rings. The van der Waals surface area contributed by atoms with E-state index in [0.29, 0.717) is 41.9 Å². The minimum absolute atomic E-state index is 0.00174. The van der Waals surface area contributed by atoms with E-state index in [4.69, 9.17) is 18.9 Å². The van der Waals surface area contributed by atoms with Crippen molar-refractivity contribution in [1.29, 1.82) is 0 Å². The molecule has 1 fully saturated rings. The summed E-state index contributed by atoms with van der Waals surface area (Å²) in [6.45, 7) is 8.93. The number of ether oxygens (including phenoxy) is 4. The topological polar surface area (TPSA) is 91.3 Å². The summed E-state index contributed by atoms with van der Waals surface area (Å²) in [6, 6.07) is 3.16. The molecule has 2 bridgehead atoms. The van der Waals surface area contributed by atoms with Gasteiger partial charge in [0, 0.05) is 11.1 Å². The first-order valence-corrected chi connectivity index (χ1v) is 14.0. The second kappa shape index (κ2) is 10.5. The van der Waals surface area contributed by atoms with Crippen molar-refractivity contribution in [1.82, 2.24) is 0 Å². The molecule has 2 aromatic carbocycles. The van der Waals surface area contributed by atoms with E-state index in [-0.39, 0.29) is 51.9 Å². The van der Waals surface area contributed by atoms with Gasteiger partial charge in [-0.1, -0.05) is 32.9 Å². The first-order chi connectivity index (χ1) is 19.0. The monoisotopic (exact) mass is 552 g/mol.